The molecule has 0 aliphatic rings. The molecule has 2 N–H and O–H groups in total. The average molecular weight is 519 g/mol. The lowest BCUT2D eigenvalue weighted by Crippen LogP contribution is -2.30. The number of hydrogen-bond acceptors (Lipinski definition) is 10. The van der Waals surface area contributed by atoms with Crippen molar-refractivity contribution in [2.45, 2.75) is 32.9 Å². The highest BCUT2D eigenvalue weighted by Gasteiger charge is 2.16. The number of carbonyl (C=O) groups is 1. The van der Waals surface area contributed by atoms with Crippen molar-refractivity contribution >= 4 is 17.4 Å². The second kappa shape index (κ2) is 13.1. The van der Waals surface area contributed by atoms with Gasteiger partial charge in [-0.1, -0.05) is 36.5 Å². The Kier molecular flexibility index (Phi) is 9.63. The second-order valence-electron chi connectivity index (χ2n) is 7.52. The molecular formula is C23H26N4O8S. The van der Waals surface area contributed by atoms with Gasteiger partial charge in [0.05, 0.1) is 11.5 Å². The van der Waals surface area contributed by atoms with Crippen molar-refractivity contribution in [1.29, 1.82) is 0 Å². The van der Waals surface area contributed by atoms with Crippen LogP contribution in [0.2, 0.25) is 0 Å². The maximum Gasteiger partial charge on any atom is 0.408 e. The molecule has 1 amide bonds. The molecule has 0 radical (unpaired) electrons. The molecule has 192 valence electrons. The largest absolute Gasteiger partial charge is 0.494 e. The molecule has 3 aromatic rings. The molecule has 12 nitrogen and oxygen atoms in total. The third-order valence-electron chi connectivity index (χ3n) is 5.04. The Morgan fingerprint density at radius 2 is 1.94 bits per heavy atom. The molecule has 0 saturated carbocycles. The molecule has 0 fully saturated rings. The van der Waals surface area contributed by atoms with E-state index in [1.807, 2.05) is 36.5 Å². The van der Waals surface area contributed by atoms with Crippen LogP contribution in [0, 0.1) is 10.1 Å². The van der Waals surface area contributed by atoms with Crippen molar-refractivity contribution in [2.24, 2.45) is 0 Å². The minimum Gasteiger partial charge on any atom is -0.494 e. The summed E-state index contributed by atoms with van der Waals surface area (Å²) in [5, 5.41) is 21.7. The Morgan fingerprint density at radius 3 is 2.61 bits per heavy atom. The summed E-state index contributed by atoms with van der Waals surface area (Å²) in [6.07, 6.45) is 2.90. The molecule has 36 heavy (non-hydrogen) atoms. The molecule has 0 saturated heterocycles. The SMILES string of the molecule is CCc1ccc(CCOc2ccc(Cc3sc(=O)n(COC(=O)NCCO[N+](=O)[O-])c3O)cc2)nc1. The second-order valence-corrected chi connectivity index (χ2v) is 8.56. The summed E-state index contributed by atoms with van der Waals surface area (Å²) in [7, 11) is 0. The van der Waals surface area contributed by atoms with Gasteiger partial charge in [-0.2, -0.15) is 0 Å². The zero-order valence-corrected chi connectivity index (χ0v) is 20.4. The van der Waals surface area contributed by atoms with Crippen LogP contribution in [0.4, 0.5) is 4.79 Å². The third-order valence-corrected chi connectivity index (χ3v) is 6.01. The number of rotatable bonds is 13. The number of aromatic nitrogens is 2. The molecule has 3 rings (SSSR count). The summed E-state index contributed by atoms with van der Waals surface area (Å²) >= 11 is 0.843. The number of carbonyl (C=O) groups excluding carboxylic acids is 1. The third kappa shape index (κ3) is 7.98. The van der Waals surface area contributed by atoms with Crippen LogP contribution in [-0.2, 0) is 35.6 Å². The molecule has 0 atom stereocenters. The normalized spacial score (nSPS) is 10.6. The predicted molar refractivity (Wildman–Crippen MR) is 130 cm³/mol. The highest BCUT2D eigenvalue weighted by atomic mass is 32.1. The number of amides is 1. The van der Waals surface area contributed by atoms with Crippen molar-refractivity contribution < 1.29 is 29.3 Å². The maximum absolute atomic E-state index is 12.2. The fraction of sp³-hybridized carbons (Fsp3) is 0.348. The molecule has 2 heterocycles. The van der Waals surface area contributed by atoms with Gasteiger partial charge in [0, 0.05) is 31.3 Å². The first-order valence-electron chi connectivity index (χ1n) is 11.1. The lowest BCUT2D eigenvalue weighted by molar-refractivity contribution is -0.757. The van der Waals surface area contributed by atoms with E-state index in [4.69, 9.17) is 9.47 Å². The van der Waals surface area contributed by atoms with Crippen molar-refractivity contribution in [3.63, 3.8) is 0 Å². The predicted octanol–water partition coefficient (Wildman–Crippen LogP) is 2.68. The monoisotopic (exact) mass is 518 g/mol. The van der Waals surface area contributed by atoms with E-state index < -0.39 is 22.8 Å². The summed E-state index contributed by atoms with van der Waals surface area (Å²) in [6, 6.07) is 11.4. The number of aryl methyl sites for hydroxylation is 1. The fourth-order valence-electron chi connectivity index (χ4n) is 3.09. The molecule has 0 aliphatic carbocycles. The Balaban J connectivity index is 1.47. The fourth-order valence-corrected chi connectivity index (χ4v) is 3.99. The Bertz CT molecular complexity index is 1210. The highest BCUT2D eigenvalue weighted by molar-refractivity contribution is 7.09. The quantitative estimate of drug-likeness (QED) is 0.197. The highest BCUT2D eigenvalue weighted by Crippen LogP contribution is 2.24. The number of pyridine rings is 1. The maximum atomic E-state index is 12.2. The first-order chi connectivity index (χ1) is 17.4. The van der Waals surface area contributed by atoms with Crippen LogP contribution in [0.25, 0.3) is 0 Å². The van der Waals surface area contributed by atoms with Gasteiger partial charge in [-0.25, -0.2) is 9.36 Å². The number of nitrogens with zero attached hydrogens (tertiary/aromatic N) is 3. The summed E-state index contributed by atoms with van der Waals surface area (Å²) in [5.41, 5.74) is 3.01. The van der Waals surface area contributed by atoms with Gasteiger partial charge in [0.15, 0.2) is 6.73 Å². The van der Waals surface area contributed by atoms with E-state index in [1.165, 1.54) is 5.56 Å². The van der Waals surface area contributed by atoms with Crippen LogP contribution in [0.1, 0.15) is 28.6 Å². The van der Waals surface area contributed by atoms with Crippen molar-refractivity contribution in [2.75, 3.05) is 19.8 Å². The Morgan fingerprint density at radius 1 is 1.19 bits per heavy atom. The van der Waals surface area contributed by atoms with Crippen LogP contribution in [0.5, 0.6) is 11.6 Å². The summed E-state index contributed by atoms with van der Waals surface area (Å²) < 4.78 is 11.6. The van der Waals surface area contributed by atoms with Gasteiger partial charge in [-0.3, -0.25) is 9.78 Å². The van der Waals surface area contributed by atoms with E-state index in [-0.39, 0.29) is 19.0 Å². The molecule has 0 unspecified atom stereocenters. The first-order valence-corrected chi connectivity index (χ1v) is 11.9. The van der Waals surface area contributed by atoms with Gasteiger partial charge in [0.1, 0.15) is 12.4 Å². The van der Waals surface area contributed by atoms with Crippen LogP contribution < -0.4 is 14.9 Å². The number of thiazole rings is 1. The first kappa shape index (κ1) is 26.5. The zero-order chi connectivity index (χ0) is 25.9. The van der Waals surface area contributed by atoms with Gasteiger partial charge in [0.2, 0.25) is 5.88 Å². The molecule has 2 aromatic heterocycles. The minimum atomic E-state index is -0.983. The zero-order valence-electron chi connectivity index (χ0n) is 19.5. The van der Waals surface area contributed by atoms with Gasteiger partial charge in [0.25, 0.3) is 5.09 Å². The topological polar surface area (TPSA) is 155 Å². The molecular weight excluding hydrogens is 492 g/mol. The van der Waals surface area contributed by atoms with E-state index in [1.54, 1.807) is 0 Å². The number of nitrogens with one attached hydrogen (secondary N) is 1. The van der Waals surface area contributed by atoms with E-state index in [2.05, 4.69) is 28.1 Å². The van der Waals surface area contributed by atoms with Crippen LogP contribution in [0.15, 0.2) is 47.4 Å². The Hall–Kier alpha value is -4.13. The summed E-state index contributed by atoms with van der Waals surface area (Å²) in [6.45, 7) is 1.56. The van der Waals surface area contributed by atoms with Gasteiger partial charge in [-0.05, 0) is 35.7 Å². The van der Waals surface area contributed by atoms with Gasteiger partial charge >= 0.3 is 11.0 Å². The van der Waals surface area contributed by atoms with E-state index in [0.717, 1.165) is 33.6 Å². The lowest BCUT2D eigenvalue weighted by atomic mass is 10.1. The van der Waals surface area contributed by atoms with Crippen LogP contribution >= 0.6 is 11.3 Å². The molecule has 0 bridgehead atoms. The molecule has 13 heteroatoms. The van der Waals surface area contributed by atoms with Crippen molar-refractivity contribution in [3.8, 4) is 11.6 Å². The van der Waals surface area contributed by atoms with Crippen molar-refractivity contribution in [1.82, 2.24) is 14.9 Å². The minimum absolute atomic E-state index is 0.155. The molecule has 0 spiro atoms. The van der Waals surface area contributed by atoms with Gasteiger partial charge < -0.3 is 24.7 Å². The van der Waals surface area contributed by atoms with Gasteiger partial charge in [-0.15, -0.1) is 10.1 Å². The summed E-state index contributed by atoms with van der Waals surface area (Å²) in [5.74, 6) is 0.401. The van der Waals surface area contributed by atoms with Crippen LogP contribution in [0.3, 0.4) is 0 Å². The smallest absolute Gasteiger partial charge is 0.408 e. The summed E-state index contributed by atoms with van der Waals surface area (Å²) in [4.78, 5) is 42.3. The Labute approximate surface area is 210 Å². The number of alkyl carbamates (subject to hydrolysis) is 1. The number of ether oxygens (including phenoxy) is 2. The standard InChI is InChI=1S/C23H26N4O8S/c1-2-16-3-6-18(25-14-16)9-11-33-19-7-4-17(5-8-19)13-20-21(28)26(23(30)36-20)15-34-22(29)24-10-12-35-27(31)32/h3-8,14,28H,2,9-13,15H2,1H3,(H,24,29). The van der Waals surface area contributed by atoms with E-state index in [0.29, 0.717) is 30.1 Å². The lowest BCUT2D eigenvalue weighted by Gasteiger charge is -2.08. The molecule has 0 aliphatic heterocycles. The molecule has 1 aromatic carbocycles. The average Bonchev–Trinajstić information content (AvgIpc) is 3.13. The van der Waals surface area contributed by atoms with E-state index in [9.17, 15) is 24.8 Å². The van der Waals surface area contributed by atoms with Crippen molar-refractivity contribution in [3.05, 3.63) is 84.1 Å². The number of benzene rings is 1. The number of aromatic hydroxyl groups is 1. The number of hydrogen-bond donors (Lipinski definition) is 2. The van der Waals surface area contributed by atoms with E-state index >= 15 is 0 Å². The van der Waals surface area contributed by atoms with Crippen LogP contribution in [-0.4, -0.2) is 45.6 Å².